The molecule has 1 amide bonds. The highest BCUT2D eigenvalue weighted by Crippen LogP contribution is 2.22. The molecule has 0 radical (unpaired) electrons. The van der Waals surface area contributed by atoms with Crippen molar-refractivity contribution < 1.29 is 4.79 Å². The monoisotopic (exact) mass is 352 g/mol. The average Bonchev–Trinajstić information content (AvgIpc) is 2.56. The van der Waals surface area contributed by atoms with Crippen LogP contribution in [-0.4, -0.2) is 15.9 Å². The zero-order chi connectivity index (χ0) is 17.8. The number of nitrogens with zero attached hydrogens (tertiary/aromatic N) is 2. The van der Waals surface area contributed by atoms with Crippen molar-refractivity contribution in [3.8, 4) is 0 Å². The van der Waals surface area contributed by atoms with Gasteiger partial charge in [-0.25, -0.2) is 9.97 Å². The lowest BCUT2D eigenvalue weighted by atomic mass is 10.2. The number of hydrogen-bond donors (Lipinski definition) is 2. The normalized spacial score (nSPS) is 10.4. The molecule has 5 nitrogen and oxygen atoms in total. The van der Waals surface area contributed by atoms with Crippen molar-refractivity contribution in [2.24, 2.45) is 0 Å². The number of halogens is 1. The van der Waals surface area contributed by atoms with Crippen LogP contribution in [0.3, 0.4) is 0 Å². The van der Waals surface area contributed by atoms with Crippen LogP contribution < -0.4 is 10.6 Å². The molecule has 0 aliphatic heterocycles. The number of para-hydroxylation sites is 1. The average molecular weight is 353 g/mol. The van der Waals surface area contributed by atoms with E-state index in [1.54, 1.807) is 30.3 Å². The van der Waals surface area contributed by atoms with E-state index in [9.17, 15) is 4.79 Å². The Labute approximate surface area is 151 Å². The van der Waals surface area contributed by atoms with Crippen LogP contribution in [0, 0.1) is 13.8 Å². The van der Waals surface area contributed by atoms with E-state index >= 15 is 0 Å². The van der Waals surface area contributed by atoms with Crippen molar-refractivity contribution in [1.29, 1.82) is 0 Å². The van der Waals surface area contributed by atoms with E-state index in [2.05, 4.69) is 20.6 Å². The summed E-state index contributed by atoms with van der Waals surface area (Å²) in [4.78, 5) is 21.1. The first-order valence-corrected chi connectivity index (χ1v) is 8.14. The minimum atomic E-state index is -0.238. The number of hydrogen-bond acceptors (Lipinski definition) is 4. The molecule has 6 heteroatoms. The number of benzene rings is 2. The van der Waals surface area contributed by atoms with Crippen molar-refractivity contribution >= 4 is 34.8 Å². The van der Waals surface area contributed by atoms with Crippen LogP contribution >= 0.6 is 11.6 Å². The lowest BCUT2D eigenvalue weighted by molar-refractivity contribution is 0.102. The van der Waals surface area contributed by atoms with Crippen molar-refractivity contribution in [3.05, 3.63) is 76.6 Å². The van der Waals surface area contributed by atoms with Gasteiger partial charge in [0.2, 0.25) is 5.95 Å². The predicted molar refractivity (Wildman–Crippen MR) is 101 cm³/mol. The molecule has 0 spiro atoms. The first kappa shape index (κ1) is 16.9. The Balaban J connectivity index is 1.79. The third-order valence-corrected chi connectivity index (χ3v) is 3.81. The summed E-state index contributed by atoms with van der Waals surface area (Å²) in [6.07, 6.45) is 0. The third-order valence-electron chi connectivity index (χ3n) is 3.49. The van der Waals surface area contributed by atoms with E-state index in [-0.39, 0.29) is 5.91 Å². The Morgan fingerprint density at radius 1 is 0.960 bits per heavy atom. The van der Waals surface area contributed by atoms with Gasteiger partial charge in [-0.05, 0) is 50.2 Å². The van der Waals surface area contributed by atoms with Crippen LogP contribution in [0.5, 0.6) is 0 Å². The fourth-order valence-electron chi connectivity index (χ4n) is 2.41. The maximum Gasteiger partial charge on any atom is 0.255 e. The number of anilines is 3. The van der Waals surface area contributed by atoms with Gasteiger partial charge in [-0.3, -0.25) is 4.79 Å². The molecular formula is C19H17ClN4O. The minimum absolute atomic E-state index is 0.238. The topological polar surface area (TPSA) is 66.9 Å². The van der Waals surface area contributed by atoms with E-state index in [0.717, 1.165) is 17.1 Å². The molecule has 2 N–H and O–H groups in total. The number of amides is 1. The van der Waals surface area contributed by atoms with Crippen molar-refractivity contribution in [1.82, 2.24) is 9.97 Å². The predicted octanol–water partition coefficient (Wildman–Crippen LogP) is 4.74. The Bertz CT molecular complexity index is 907. The molecule has 126 valence electrons. The Morgan fingerprint density at radius 2 is 1.68 bits per heavy atom. The number of nitrogens with one attached hydrogen (secondary N) is 2. The number of aromatic nitrogens is 2. The van der Waals surface area contributed by atoms with Gasteiger partial charge in [0.15, 0.2) is 0 Å². The van der Waals surface area contributed by atoms with Crippen LogP contribution in [0.15, 0.2) is 54.6 Å². The summed E-state index contributed by atoms with van der Waals surface area (Å²) < 4.78 is 0. The summed E-state index contributed by atoms with van der Waals surface area (Å²) >= 11 is 6.08. The SMILES string of the molecule is Cc1cc(C)nc(Nc2cccc(C(=O)Nc3ccccc3Cl)c2)n1. The number of aryl methyl sites for hydroxylation is 2. The van der Waals surface area contributed by atoms with Gasteiger partial charge in [0.05, 0.1) is 10.7 Å². The summed E-state index contributed by atoms with van der Waals surface area (Å²) in [6.45, 7) is 3.82. The lowest BCUT2D eigenvalue weighted by Crippen LogP contribution is -2.12. The van der Waals surface area contributed by atoms with E-state index in [1.165, 1.54) is 0 Å². The molecule has 1 heterocycles. The number of rotatable bonds is 4. The summed E-state index contributed by atoms with van der Waals surface area (Å²) in [6, 6.07) is 16.1. The van der Waals surface area contributed by atoms with Crippen molar-refractivity contribution in [3.63, 3.8) is 0 Å². The standard InChI is InChI=1S/C19H17ClN4O/c1-12-10-13(2)22-19(21-12)23-15-7-5-6-14(11-15)18(25)24-17-9-4-3-8-16(17)20/h3-11H,1-2H3,(H,24,25)(H,21,22,23). The Kier molecular flexibility index (Phi) is 4.95. The third kappa shape index (κ3) is 4.33. The second-order valence-electron chi connectivity index (χ2n) is 5.61. The largest absolute Gasteiger partial charge is 0.324 e. The van der Waals surface area contributed by atoms with Gasteiger partial charge in [0.25, 0.3) is 5.91 Å². The molecule has 0 fully saturated rings. The molecule has 0 atom stereocenters. The van der Waals surface area contributed by atoms with Crippen LogP contribution in [0.1, 0.15) is 21.7 Å². The Morgan fingerprint density at radius 3 is 2.40 bits per heavy atom. The van der Waals surface area contributed by atoms with Crippen LogP contribution in [0.4, 0.5) is 17.3 Å². The van der Waals surface area contributed by atoms with Crippen molar-refractivity contribution in [2.75, 3.05) is 10.6 Å². The number of carbonyl (C=O) groups excluding carboxylic acids is 1. The van der Waals surface area contributed by atoms with Crippen LogP contribution in [-0.2, 0) is 0 Å². The molecular weight excluding hydrogens is 336 g/mol. The molecule has 0 saturated carbocycles. The summed E-state index contributed by atoms with van der Waals surface area (Å²) in [5.74, 6) is 0.263. The number of carbonyl (C=O) groups is 1. The molecule has 3 aromatic rings. The van der Waals surface area contributed by atoms with E-state index < -0.39 is 0 Å². The fourth-order valence-corrected chi connectivity index (χ4v) is 2.59. The van der Waals surface area contributed by atoms with Gasteiger partial charge in [-0.2, -0.15) is 0 Å². The van der Waals surface area contributed by atoms with Gasteiger partial charge < -0.3 is 10.6 Å². The molecule has 3 rings (SSSR count). The first-order chi connectivity index (χ1) is 12.0. The molecule has 0 saturated heterocycles. The highest BCUT2D eigenvalue weighted by molar-refractivity contribution is 6.33. The van der Waals surface area contributed by atoms with Crippen LogP contribution in [0.25, 0.3) is 0 Å². The van der Waals surface area contributed by atoms with Gasteiger partial charge in [-0.15, -0.1) is 0 Å². The second kappa shape index (κ2) is 7.32. The summed E-state index contributed by atoms with van der Waals surface area (Å²) in [5.41, 5.74) is 3.57. The van der Waals surface area contributed by atoms with Gasteiger partial charge >= 0.3 is 0 Å². The molecule has 0 bridgehead atoms. The van der Waals surface area contributed by atoms with E-state index in [1.807, 2.05) is 38.1 Å². The molecule has 1 aromatic heterocycles. The fraction of sp³-hybridized carbons (Fsp3) is 0.105. The highest BCUT2D eigenvalue weighted by Gasteiger charge is 2.09. The van der Waals surface area contributed by atoms with Crippen LogP contribution in [0.2, 0.25) is 5.02 Å². The van der Waals surface area contributed by atoms with Gasteiger partial charge in [0.1, 0.15) is 0 Å². The molecule has 0 aliphatic rings. The maximum absolute atomic E-state index is 12.5. The maximum atomic E-state index is 12.5. The van der Waals surface area contributed by atoms with E-state index in [0.29, 0.717) is 22.2 Å². The summed E-state index contributed by atoms with van der Waals surface area (Å²) in [5, 5.41) is 6.43. The molecule has 2 aromatic carbocycles. The smallest absolute Gasteiger partial charge is 0.255 e. The Hall–Kier alpha value is -2.92. The zero-order valence-corrected chi connectivity index (χ0v) is 14.6. The van der Waals surface area contributed by atoms with Crippen molar-refractivity contribution in [2.45, 2.75) is 13.8 Å². The minimum Gasteiger partial charge on any atom is -0.324 e. The van der Waals surface area contributed by atoms with Gasteiger partial charge in [-0.1, -0.05) is 29.8 Å². The van der Waals surface area contributed by atoms with E-state index in [4.69, 9.17) is 11.6 Å². The quantitative estimate of drug-likeness (QED) is 0.711. The van der Waals surface area contributed by atoms with Gasteiger partial charge in [0, 0.05) is 22.6 Å². The zero-order valence-electron chi connectivity index (χ0n) is 13.9. The molecule has 25 heavy (non-hydrogen) atoms. The lowest BCUT2D eigenvalue weighted by Gasteiger charge is -2.10. The molecule has 0 aliphatic carbocycles. The summed E-state index contributed by atoms with van der Waals surface area (Å²) in [7, 11) is 0. The highest BCUT2D eigenvalue weighted by atomic mass is 35.5. The first-order valence-electron chi connectivity index (χ1n) is 7.76. The second-order valence-corrected chi connectivity index (χ2v) is 6.02. The molecule has 0 unspecified atom stereocenters.